The molecule has 0 unspecified atom stereocenters. The molecule has 1 N–H and O–H groups in total. The highest BCUT2D eigenvalue weighted by Gasteiger charge is 2.08. The van der Waals surface area contributed by atoms with Crippen molar-refractivity contribution in [3.8, 4) is 0 Å². The minimum Gasteiger partial charge on any atom is -0.510 e. The highest BCUT2D eigenvalue weighted by molar-refractivity contribution is 5.05. The van der Waals surface area contributed by atoms with Crippen LogP contribution in [0.4, 0.5) is 0 Å². The maximum absolute atomic E-state index is 10.3. The standard InChI is InChI=1S/C9H15NO2/c11-9-7-5-3-1-2-4-6-8(9)10-12/h11H,1-7H2/b9-8-. The van der Waals surface area contributed by atoms with E-state index in [0.29, 0.717) is 18.5 Å². The van der Waals surface area contributed by atoms with Crippen LogP contribution in [0.25, 0.3) is 0 Å². The molecule has 0 aromatic heterocycles. The van der Waals surface area contributed by atoms with E-state index in [-0.39, 0.29) is 5.76 Å². The maximum atomic E-state index is 10.3. The first-order valence-electron chi connectivity index (χ1n) is 4.59. The first-order chi connectivity index (χ1) is 5.84. The van der Waals surface area contributed by atoms with E-state index in [4.69, 9.17) is 0 Å². The number of hydrogen-bond acceptors (Lipinski definition) is 3. The molecule has 1 aliphatic carbocycles. The third-order valence-corrected chi connectivity index (χ3v) is 2.27. The van der Waals surface area contributed by atoms with E-state index in [2.05, 4.69) is 5.18 Å². The molecule has 0 aliphatic heterocycles. The molecule has 0 atom stereocenters. The van der Waals surface area contributed by atoms with Gasteiger partial charge in [-0.25, -0.2) is 0 Å². The van der Waals surface area contributed by atoms with Gasteiger partial charge >= 0.3 is 0 Å². The molecule has 0 saturated heterocycles. The number of rotatable bonds is 1. The van der Waals surface area contributed by atoms with Gasteiger partial charge in [0.1, 0.15) is 11.5 Å². The van der Waals surface area contributed by atoms with Crippen molar-refractivity contribution in [2.75, 3.05) is 0 Å². The van der Waals surface area contributed by atoms with Crippen LogP contribution in [0.2, 0.25) is 0 Å². The fourth-order valence-corrected chi connectivity index (χ4v) is 1.50. The van der Waals surface area contributed by atoms with Gasteiger partial charge in [-0.05, 0) is 24.4 Å². The average Bonchev–Trinajstić information content (AvgIpc) is 2.17. The number of nitrogens with zero attached hydrogens (tertiary/aromatic N) is 1. The van der Waals surface area contributed by atoms with Crippen LogP contribution in [0.5, 0.6) is 0 Å². The maximum Gasteiger partial charge on any atom is 0.122 e. The third-order valence-electron chi connectivity index (χ3n) is 2.27. The van der Waals surface area contributed by atoms with Crippen molar-refractivity contribution in [2.45, 2.75) is 44.9 Å². The molecular formula is C9H15NO2. The molecule has 0 spiro atoms. The van der Waals surface area contributed by atoms with E-state index in [1.807, 2.05) is 0 Å². The molecule has 1 aliphatic rings. The van der Waals surface area contributed by atoms with Crippen molar-refractivity contribution < 1.29 is 5.11 Å². The lowest BCUT2D eigenvalue weighted by molar-refractivity contribution is 0.373. The minimum atomic E-state index is 0.215. The Bertz CT molecular complexity index is 187. The van der Waals surface area contributed by atoms with Crippen molar-refractivity contribution in [1.82, 2.24) is 0 Å². The number of allylic oxidation sites excluding steroid dienone is 2. The first kappa shape index (κ1) is 9.23. The van der Waals surface area contributed by atoms with Crippen molar-refractivity contribution in [3.63, 3.8) is 0 Å². The molecule has 0 heterocycles. The Hall–Kier alpha value is -0.860. The largest absolute Gasteiger partial charge is 0.510 e. The molecular weight excluding hydrogens is 154 g/mol. The zero-order valence-electron chi connectivity index (χ0n) is 7.25. The highest BCUT2D eigenvalue weighted by atomic mass is 16.3. The summed E-state index contributed by atoms with van der Waals surface area (Å²) in [6, 6.07) is 0. The summed E-state index contributed by atoms with van der Waals surface area (Å²) >= 11 is 0. The summed E-state index contributed by atoms with van der Waals surface area (Å²) in [7, 11) is 0. The Balaban J connectivity index is 2.59. The van der Waals surface area contributed by atoms with E-state index in [1.54, 1.807) is 0 Å². The second-order valence-electron chi connectivity index (χ2n) is 3.25. The van der Waals surface area contributed by atoms with Crippen LogP contribution in [-0.2, 0) is 0 Å². The van der Waals surface area contributed by atoms with Crippen molar-refractivity contribution in [1.29, 1.82) is 0 Å². The lowest BCUT2D eigenvalue weighted by atomic mass is 10.1. The molecule has 0 bridgehead atoms. The Morgan fingerprint density at radius 1 is 1.00 bits per heavy atom. The van der Waals surface area contributed by atoms with Crippen LogP contribution >= 0.6 is 0 Å². The van der Waals surface area contributed by atoms with E-state index >= 15 is 0 Å². The van der Waals surface area contributed by atoms with Gasteiger partial charge in [-0.3, -0.25) is 0 Å². The number of nitroso groups, excluding NO2 is 1. The summed E-state index contributed by atoms with van der Waals surface area (Å²) in [6.45, 7) is 0. The SMILES string of the molecule is O=N/C1=C(\O)CCCCCCC1. The van der Waals surface area contributed by atoms with Crippen molar-refractivity contribution >= 4 is 0 Å². The normalized spacial score (nSPS) is 27.0. The van der Waals surface area contributed by atoms with Gasteiger partial charge in [0, 0.05) is 6.42 Å². The lowest BCUT2D eigenvalue weighted by Gasteiger charge is -1.99. The quantitative estimate of drug-likeness (QED) is 0.612. The second-order valence-corrected chi connectivity index (χ2v) is 3.25. The van der Waals surface area contributed by atoms with Gasteiger partial charge < -0.3 is 5.11 Å². The number of aliphatic hydroxyl groups is 1. The van der Waals surface area contributed by atoms with Crippen LogP contribution in [0.3, 0.4) is 0 Å². The molecule has 68 valence electrons. The van der Waals surface area contributed by atoms with E-state index in [0.717, 1.165) is 25.7 Å². The summed E-state index contributed by atoms with van der Waals surface area (Å²) < 4.78 is 0. The Morgan fingerprint density at radius 3 is 2.25 bits per heavy atom. The zero-order valence-corrected chi connectivity index (χ0v) is 7.25. The number of aliphatic hydroxyl groups excluding tert-OH is 1. The van der Waals surface area contributed by atoms with E-state index in [1.165, 1.54) is 6.42 Å². The van der Waals surface area contributed by atoms with Gasteiger partial charge in [-0.1, -0.05) is 19.3 Å². The van der Waals surface area contributed by atoms with Gasteiger partial charge in [0.25, 0.3) is 0 Å². The summed E-state index contributed by atoms with van der Waals surface area (Å²) in [5.41, 5.74) is 0.372. The summed E-state index contributed by atoms with van der Waals surface area (Å²) in [6.07, 6.45) is 6.73. The van der Waals surface area contributed by atoms with Gasteiger partial charge in [0.2, 0.25) is 0 Å². The highest BCUT2D eigenvalue weighted by Crippen LogP contribution is 2.21. The number of hydrogen-bond donors (Lipinski definition) is 1. The van der Waals surface area contributed by atoms with Gasteiger partial charge in [0.15, 0.2) is 0 Å². The fourth-order valence-electron chi connectivity index (χ4n) is 1.50. The average molecular weight is 169 g/mol. The molecule has 0 radical (unpaired) electrons. The zero-order chi connectivity index (χ0) is 8.81. The van der Waals surface area contributed by atoms with Crippen molar-refractivity contribution in [3.05, 3.63) is 16.4 Å². The molecule has 3 heteroatoms. The molecule has 3 nitrogen and oxygen atoms in total. The first-order valence-corrected chi connectivity index (χ1v) is 4.59. The molecule has 0 aromatic carbocycles. The van der Waals surface area contributed by atoms with Gasteiger partial charge in [-0.2, -0.15) is 0 Å². The molecule has 0 aromatic rings. The smallest absolute Gasteiger partial charge is 0.122 e. The topological polar surface area (TPSA) is 49.7 Å². The van der Waals surface area contributed by atoms with Crippen LogP contribution in [0.15, 0.2) is 16.6 Å². The molecule has 1 rings (SSSR count). The van der Waals surface area contributed by atoms with Crippen LogP contribution in [0, 0.1) is 4.91 Å². The molecule has 0 fully saturated rings. The Morgan fingerprint density at radius 2 is 1.58 bits per heavy atom. The van der Waals surface area contributed by atoms with Crippen LogP contribution < -0.4 is 0 Å². The van der Waals surface area contributed by atoms with E-state index < -0.39 is 0 Å². The fraction of sp³-hybridized carbons (Fsp3) is 0.778. The Labute approximate surface area is 72.5 Å². The second kappa shape index (κ2) is 4.91. The predicted octanol–water partition coefficient (Wildman–Crippen LogP) is 3.27. The Kier molecular flexibility index (Phi) is 3.77. The summed E-state index contributed by atoms with van der Waals surface area (Å²) in [5.74, 6) is 0.215. The van der Waals surface area contributed by atoms with Crippen molar-refractivity contribution in [2.24, 2.45) is 5.18 Å². The van der Waals surface area contributed by atoms with Gasteiger partial charge in [0.05, 0.1) is 0 Å². The van der Waals surface area contributed by atoms with Crippen LogP contribution in [0.1, 0.15) is 44.9 Å². The monoisotopic (exact) mass is 169 g/mol. The summed E-state index contributed by atoms with van der Waals surface area (Å²) in [4.78, 5) is 10.3. The van der Waals surface area contributed by atoms with E-state index in [9.17, 15) is 10.0 Å². The molecule has 0 amide bonds. The van der Waals surface area contributed by atoms with Crippen LogP contribution in [-0.4, -0.2) is 5.11 Å². The minimum absolute atomic E-state index is 0.215. The summed E-state index contributed by atoms with van der Waals surface area (Å²) in [5, 5.41) is 12.2. The molecule has 12 heavy (non-hydrogen) atoms. The van der Waals surface area contributed by atoms with Gasteiger partial charge in [-0.15, -0.1) is 4.91 Å². The third kappa shape index (κ3) is 2.64. The lowest BCUT2D eigenvalue weighted by Crippen LogP contribution is -1.88. The molecule has 0 saturated carbocycles. The predicted molar refractivity (Wildman–Crippen MR) is 47.8 cm³/mol.